The second-order valence-corrected chi connectivity index (χ2v) is 3.78. The largest absolute Gasteiger partial charge is 0.493 e. The van der Waals surface area contributed by atoms with E-state index >= 15 is 0 Å². The highest BCUT2D eigenvalue weighted by Crippen LogP contribution is 2.38. The Morgan fingerprint density at radius 1 is 1.18 bits per heavy atom. The van der Waals surface area contributed by atoms with Gasteiger partial charge in [0.15, 0.2) is 11.5 Å². The highest BCUT2D eigenvalue weighted by atomic mass is 16.7. The van der Waals surface area contributed by atoms with Crippen molar-refractivity contribution in [1.82, 2.24) is 0 Å². The average molecular weight is 243 g/mol. The molecular weight excluding hydrogens is 222 g/mol. The molecule has 0 amide bonds. The smallest absolute Gasteiger partial charge is 0.234 e. The van der Waals surface area contributed by atoms with Crippen LogP contribution in [0.4, 0.5) is 0 Å². The first kappa shape index (κ1) is 14.0. The van der Waals surface area contributed by atoms with Crippen molar-refractivity contribution in [3.8, 4) is 0 Å². The van der Waals surface area contributed by atoms with E-state index in [1.807, 2.05) is 6.08 Å². The Morgan fingerprint density at radius 3 is 2.24 bits per heavy atom. The van der Waals surface area contributed by atoms with Crippen LogP contribution in [0.15, 0.2) is 23.2 Å². The molecule has 0 aromatic carbocycles. The summed E-state index contributed by atoms with van der Waals surface area (Å²) in [4.78, 5) is 0. The Balaban J connectivity index is 3.17. The second kappa shape index (κ2) is 6.05. The summed E-state index contributed by atoms with van der Waals surface area (Å²) in [7, 11) is 6.33. The van der Waals surface area contributed by atoms with Crippen LogP contribution >= 0.6 is 0 Å². The van der Waals surface area contributed by atoms with Crippen LogP contribution in [0.25, 0.3) is 0 Å². The minimum atomic E-state index is -0.917. The molecule has 0 bridgehead atoms. The lowest BCUT2D eigenvalue weighted by Crippen LogP contribution is -2.40. The predicted molar refractivity (Wildman–Crippen MR) is 64.2 cm³/mol. The van der Waals surface area contributed by atoms with Gasteiger partial charge in [-0.1, -0.05) is 5.57 Å². The van der Waals surface area contributed by atoms with E-state index in [1.165, 1.54) is 0 Å². The number of allylic oxidation sites excluding steroid dienone is 1. The van der Waals surface area contributed by atoms with Crippen molar-refractivity contribution >= 4 is 0 Å². The van der Waals surface area contributed by atoms with Crippen molar-refractivity contribution in [2.75, 3.05) is 35.0 Å². The van der Waals surface area contributed by atoms with Crippen molar-refractivity contribution < 1.29 is 18.9 Å². The molecule has 0 spiro atoms. The number of hydrogen-bond acceptors (Lipinski definition) is 5. The third-order valence-electron chi connectivity index (χ3n) is 2.91. The van der Waals surface area contributed by atoms with Crippen LogP contribution in [0.1, 0.15) is 12.8 Å². The number of hydrogen-bond donors (Lipinski definition) is 1. The summed E-state index contributed by atoms with van der Waals surface area (Å²) in [6.45, 7) is 0.578. The minimum Gasteiger partial charge on any atom is -0.493 e. The van der Waals surface area contributed by atoms with Gasteiger partial charge in [0.2, 0.25) is 5.79 Å². The van der Waals surface area contributed by atoms with Crippen LogP contribution in [0.3, 0.4) is 0 Å². The molecule has 0 saturated carbocycles. The molecule has 0 unspecified atom stereocenters. The van der Waals surface area contributed by atoms with Gasteiger partial charge in [-0.2, -0.15) is 0 Å². The van der Waals surface area contributed by atoms with E-state index in [-0.39, 0.29) is 0 Å². The van der Waals surface area contributed by atoms with Crippen LogP contribution in [-0.4, -0.2) is 40.8 Å². The van der Waals surface area contributed by atoms with Gasteiger partial charge in [0, 0.05) is 20.6 Å². The highest BCUT2D eigenvalue weighted by molar-refractivity contribution is 5.32. The third-order valence-corrected chi connectivity index (χ3v) is 2.91. The first-order valence-corrected chi connectivity index (χ1v) is 5.50. The van der Waals surface area contributed by atoms with Gasteiger partial charge in [0.05, 0.1) is 14.2 Å². The molecule has 5 heteroatoms. The fourth-order valence-electron chi connectivity index (χ4n) is 2.04. The van der Waals surface area contributed by atoms with Gasteiger partial charge >= 0.3 is 0 Å². The number of ether oxygens (including phenoxy) is 4. The monoisotopic (exact) mass is 243 g/mol. The fourth-order valence-corrected chi connectivity index (χ4v) is 2.04. The molecule has 0 aromatic heterocycles. The Morgan fingerprint density at radius 2 is 1.82 bits per heavy atom. The molecule has 0 aromatic rings. The number of methoxy groups -OCH3 is 4. The van der Waals surface area contributed by atoms with E-state index in [9.17, 15) is 0 Å². The molecular formula is C12H21NO4. The molecule has 2 N–H and O–H groups in total. The molecule has 0 fully saturated rings. The van der Waals surface area contributed by atoms with Gasteiger partial charge in [0.25, 0.3) is 0 Å². The maximum Gasteiger partial charge on any atom is 0.234 e. The zero-order valence-electron chi connectivity index (χ0n) is 10.9. The average Bonchev–Trinajstić information content (AvgIpc) is 2.37. The van der Waals surface area contributed by atoms with E-state index in [4.69, 9.17) is 24.7 Å². The highest BCUT2D eigenvalue weighted by Gasteiger charge is 2.42. The van der Waals surface area contributed by atoms with Gasteiger partial charge in [0.1, 0.15) is 0 Å². The van der Waals surface area contributed by atoms with Gasteiger partial charge < -0.3 is 24.7 Å². The zero-order chi connectivity index (χ0) is 12.9. The molecule has 0 heterocycles. The molecule has 17 heavy (non-hydrogen) atoms. The van der Waals surface area contributed by atoms with Crippen LogP contribution in [-0.2, 0) is 18.9 Å². The second-order valence-electron chi connectivity index (χ2n) is 3.78. The van der Waals surface area contributed by atoms with Gasteiger partial charge in [-0.05, 0) is 19.0 Å². The van der Waals surface area contributed by atoms with Crippen molar-refractivity contribution in [2.45, 2.75) is 18.6 Å². The molecule has 0 atom stereocenters. The maximum atomic E-state index is 5.57. The van der Waals surface area contributed by atoms with Crippen molar-refractivity contribution in [3.63, 3.8) is 0 Å². The quantitative estimate of drug-likeness (QED) is 0.709. The molecule has 5 nitrogen and oxygen atoms in total. The Labute approximate surface area is 102 Å². The van der Waals surface area contributed by atoms with Crippen LogP contribution < -0.4 is 5.73 Å². The molecule has 98 valence electrons. The topological polar surface area (TPSA) is 62.9 Å². The molecule has 0 radical (unpaired) electrons. The summed E-state index contributed by atoms with van der Waals surface area (Å²) in [6, 6.07) is 0. The van der Waals surface area contributed by atoms with Gasteiger partial charge in [-0.3, -0.25) is 0 Å². The molecule has 0 aliphatic heterocycles. The van der Waals surface area contributed by atoms with E-state index in [2.05, 4.69) is 0 Å². The third kappa shape index (κ3) is 2.62. The van der Waals surface area contributed by atoms with E-state index in [0.717, 1.165) is 12.0 Å². The normalized spacial score (nSPS) is 19.0. The van der Waals surface area contributed by atoms with E-state index in [0.29, 0.717) is 24.5 Å². The molecule has 1 rings (SSSR count). The van der Waals surface area contributed by atoms with Crippen molar-refractivity contribution in [1.29, 1.82) is 0 Å². The van der Waals surface area contributed by atoms with Gasteiger partial charge in [-0.25, -0.2) is 0 Å². The van der Waals surface area contributed by atoms with E-state index < -0.39 is 5.79 Å². The minimum absolute atomic E-state index is 0.547. The van der Waals surface area contributed by atoms with E-state index in [1.54, 1.807) is 28.4 Å². The van der Waals surface area contributed by atoms with Crippen molar-refractivity contribution in [2.24, 2.45) is 5.73 Å². The zero-order valence-corrected chi connectivity index (χ0v) is 10.9. The maximum absolute atomic E-state index is 5.57. The van der Waals surface area contributed by atoms with Crippen LogP contribution in [0.2, 0.25) is 0 Å². The lowest BCUT2D eigenvalue weighted by Gasteiger charge is -2.36. The Hall–Kier alpha value is -1.04. The first-order valence-electron chi connectivity index (χ1n) is 5.50. The summed E-state index contributed by atoms with van der Waals surface area (Å²) < 4.78 is 21.6. The molecule has 1 aliphatic carbocycles. The van der Waals surface area contributed by atoms with Crippen LogP contribution in [0, 0.1) is 0 Å². The predicted octanol–water partition coefficient (Wildman–Crippen LogP) is 1.16. The summed E-state index contributed by atoms with van der Waals surface area (Å²) >= 11 is 0. The number of nitrogens with two attached hydrogens (primary N) is 1. The summed E-state index contributed by atoms with van der Waals surface area (Å²) in [5.74, 6) is 0.246. The van der Waals surface area contributed by atoms with Crippen molar-refractivity contribution in [3.05, 3.63) is 23.2 Å². The first-order chi connectivity index (χ1) is 8.17. The Kier molecular flexibility index (Phi) is 4.99. The molecule has 0 saturated heterocycles. The Bertz CT molecular complexity index is 318. The standard InChI is InChI=1S/C12H21NO4/c1-14-10-7-9(5-6-13)8-12(16-3,17-4)11(10)15-2/h7H,5-6,8,13H2,1-4H3. The summed E-state index contributed by atoms with van der Waals surface area (Å²) in [5.41, 5.74) is 6.69. The SMILES string of the molecule is COC1=C(OC)C(OC)(OC)CC(CCN)=C1. The fraction of sp³-hybridized carbons (Fsp3) is 0.667. The number of rotatable bonds is 6. The van der Waals surface area contributed by atoms with Gasteiger partial charge in [-0.15, -0.1) is 0 Å². The summed E-state index contributed by atoms with van der Waals surface area (Å²) in [6.07, 6.45) is 3.30. The lowest BCUT2D eigenvalue weighted by molar-refractivity contribution is -0.203. The molecule has 1 aliphatic rings. The van der Waals surface area contributed by atoms with Crippen LogP contribution in [0.5, 0.6) is 0 Å². The lowest BCUT2D eigenvalue weighted by atomic mass is 9.94. The summed E-state index contributed by atoms with van der Waals surface area (Å²) in [5, 5.41) is 0.